The van der Waals surface area contributed by atoms with Crippen molar-refractivity contribution >= 4 is 23.5 Å². The third-order valence-corrected chi connectivity index (χ3v) is 6.30. The van der Waals surface area contributed by atoms with E-state index in [1.54, 1.807) is 11.8 Å². The molecule has 1 fully saturated rings. The van der Waals surface area contributed by atoms with Crippen LogP contribution in [0.15, 0.2) is 35.5 Å². The van der Waals surface area contributed by atoms with Crippen molar-refractivity contribution < 1.29 is 9.69 Å². The maximum Gasteiger partial charge on any atom is 0.251 e. The van der Waals surface area contributed by atoms with E-state index in [0.29, 0.717) is 18.2 Å². The fourth-order valence-electron chi connectivity index (χ4n) is 3.65. The highest BCUT2D eigenvalue weighted by Gasteiger charge is 2.20. The Balaban J connectivity index is 1.63. The van der Waals surface area contributed by atoms with Crippen molar-refractivity contribution in [2.24, 2.45) is 0 Å². The lowest BCUT2D eigenvalue weighted by Gasteiger charge is -2.34. The minimum Gasteiger partial charge on any atom is -0.354 e. The van der Waals surface area contributed by atoms with Gasteiger partial charge in [0.15, 0.2) is 5.16 Å². The van der Waals surface area contributed by atoms with Crippen LogP contribution in [0.2, 0.25) is 0 Å². The van der Waals surface area contributed by atoms with Gasteiger partial charge in [-0.15, -0.1) is 0 Å². The number of aryl methyl sites for hydroxylation is 1. The number of nitrogens with one attached hydrogen (secondary N) is 2. The number of hydrogen-bond donors (Lipinski definition) is 2. The van der Waals surface area contributed by atoms with Gasteiger partial charge in [-0.25, -0.2) is 9.97 Å². The second-order valence-corrected chi connectivity index (χ2v) is 9.33. The van der Waals surface area contributed by atoms with Crippen LogP contribution >= 0.6 is 11.8 Å². The standard InChI is InChI=1S/C23H33N5OS/c1-17-14-21(28-12-6-5-8-18(28)2)26-23(25-17)30-16-19-9-7-10-20(15-19)22(29)24-11-13-27(3)4/h7,9-10,14-15,18H,5-6,8,11-13,16H2,1-4H3,(H,24,29)/p+1/t18-/m0/s1. The summed E-state index contributed by atoms with van der Waals surface area (Å²) in [7, 11) is 4.16. The van der Waals surface area contributed by atoms with Crippen LogP contribution in [-0.2, 0) is 5.75 Å². The second-order valence-electron chi connectivity index (χ2n) is 8.39. The van der Waals surface area contributed by atoms with E-state index in [1.165, 1.54) is 24.2 Å². The molecule has 1 amide bonds. The first-order chi connectivity index (χ1) is 14.4. The number of benzene rings is 1. The van der Waals surface area contributed by atoms with Gasteiger partial charge in [-0.1, -0.05) is 23.9 Å². The maximum atomic E-state index is 12.4. The number of carbonyl (C=O) groups excluding carboxylic acids is 1. The zero-order chi connectivity index (χ0) is 21.5. The molecule has 6 nitrogen and oxygen atoms in total. The fourth-order valence-corrected chi connectivity index (χ4v) is 4.50. The molecule has 2 aromatic rings. The Kier molecular flexibility index (Phi) is 8.10. The maximum absolute atomic E-state index is 12.4. The van der Waals surface area contributed by atoms with Crippen molar-refractivity contribution in [1.82, 2.24) is 15.3 Å². The number of thioether (sulfide) groups is 1. The van der Waals surface area contributed by atoms with E-state index in [-0.39, 0.29) is 5.91 Å². The monoisotopic (exact) mass is 428 g/mol. The average molecular weight is 429 g/mol. The van der Waals surface area contributed by atoms with Crippen LogP contribution in [0.3, 0.4) is 0 Å². The van der Waals surface area contributed by atoms with Crippen LogP contribution in [0, 0.1) is 6.92 Å². The van der Waals surface area contributed by atoms with Gasteiger partial charge in [0.1, 0.15) is 5.82 Å². The third kappa shape index (κ3) is 6.44. The van der Waals surface area contributed by atoms with Gasteiger partial charge in [-0.2, -0.15) is 0 Å². The molecule has 0 saturated carbocycles. The smallest absolute Gasteiger partial charge is 0.251 e. The van der Waals surface area contributed by atoms with Crippen molar-refractivity contribution in [1.29, 1.82) is 0 Å². The van der Waals surface area contributed by atoms with Gasteiger partial charge in [0.25, 0.3) is 5.91 Å². The average Bonchev–Trinajstić information content (AvgIpc) is 2.72. The van der Waals surface area contributed by atoms with E-state index in [0.717, 1.165) is 41.1 Å². The SMILES string of the molecule is Cc1cc(N2CCCC[C@@H]2C)nc(SCc2cccc(C(=O)NCC[NH+](C)C)c2)n1. The van der Waals surface area contributed by atoms with E-state index in [1.807, 2.05) is 25.1 Å². The molecule has 7 heteroatoms. The number of rotatable bonds is 8. The Morgan fingerprint density at radius 2 is 2.10 bits per heavy atom. The predicted octanol–water partition coefficient (Wildman–Crippen LogP) is 2.33. The van der Waals surface area contributed by atoms with E-state index >= 15 is 0 Å². The van der Waals surface area contributed by atoms with Crippen molar-refractivity contribution in [2.45, 2.75) is 50.1 Å². The number of hydrogen-bond acceptors (Lipinski definition) is 5. The Morgan fingerprint density at radius 3 is 2.87 bits per heavy atom. The molecule has 1 saturated heterocycles. The number of aromatic nitrogens is 2. The molecule has 1 aromatic carbocycles. The van der Waals surface area contributed by atoms with E-state index in [2.05, 4.69) is 48.4 Å². The minimum absolute atomic E-state index is 0.0173. The summed E-state index contributed by atoms with van der Waals surface area (Å²) in [5, 5.41) is 3.79. The minimum atomic E-state index is -0.0173. The third-order valence-electron chi connectivity index (χ3n) is 5.39. The molecule has 30 heavy (non-hydrogen) atoms. The molecule has 1 aromatic heterocycles. The number of piperidine rings is 1. The van der Waals surface area contributed by atoms with Crippen molar-refractivity contribution in [3.05, 3.63) is 47.2 Å². The van der Waals surface area contributed by atoms with Gasteiger partial charge in [0.05, 0.1) is 27.2 Å². The fraction of sp³-hybridized carbons (Fsp3) is 0.522. The van der Waals surface area contributed by atoms with Crippen LogP contribution in [0.1, 0.15) is 47.8 Å². The summed E-state index contributed by atoms with van der Waals surface area (Å²) in [4.78, 5) is 25.6. The topological polar surface area (TPSA) is 62.6 Å². The van der Waals surface area contributed by atoms with E-state index < -0.39 is 0 Å². The zero-order valence-corrected chi connectivity index (χ0v) is 19.4. The van der Waals surface area contributed by atoms with Gasteiger partial charge in [-0.3, -0.25) is 4.79 Å². The largest absolute Gasteiger partial charge is 0.354 e. The second kappa shape index (κ2) is 10.8. The number of quaternary nitrogens is 1. The highest BCUT2D eigenvalue weighted by atomic mass is 32.2. The molecular weight excluding hydrogens is 394 g/mol. The first kappa shape index (κ1) is 22.6. The Labute approximate surface area is 184 Å². The van der Waals surface area contributed by atoms with Crippen LogP contribution < -0.4 is 15.1 Å². The lowest BCUT2D eigenvalue weighted by Crippen LogP contribution is -3.06. The molecule has 0 unspecified atom stereocenters. The number of likely N-dealkylation sites (N-methyl/N-ethyl adjacent to an activating group) is 1. The molecule has 0 aliphatic carbocycles. The molecule has 2 N–H and O–H groups in total. The summed E-state index contributed by atoms with van der Waals surface area (Å²) in [5.74, 6) is 1.76. The zero-order valence-electron chi connectivity index (χ0n) is 18.6. The predicted molar refractivity (Wildman–Crippen MR) is 123 cm³/mol. The summed E-state index contributed by atoms with van der Waals surface area (Å²) in [5.41, 5.74) is 2.80. The van der Waals surface area contributed by atoms with Gasteiger partial charge >= 0.3 is 0 Å². The van der Waals surface area contributed by atoms with Crippen LogP contribution in [0.4, 0.5) is 5.82 Å². The molecule has 1 aliphatic rings. The number of amides is 1. The number of carbonyl (C=O) groups is 1. The Hall–Kier alpha value is -2.12. The van der Waals surface area contributed by atoms with Gasteiger partial charge < -0.3 is 15.1 Å². The number of nitrogens with zero attached hydrogens (tertiary/aromatic N) is 3. The van der Waals surface area contributed by atoms with Crippen LogP contribution in [-0.4, -0.2) is 55.6 Å². The molecular formula is C23H34N5OS+. The summed E-state index contributed by atoms with van der Waals surface area (Å²) in [6, 6.07) is 10.4. The van der Waals surface area contributed by atoms with Crippen LogP contribution in [0.5, 0.6) is 0 Å². The van der Waals surface area contributed by atoms with Crippen molar-refractivity contribution in [3.63, 3.8) is 0 Å². The Morgan fingerprint density at radius 1 is 1.27 bits per heavy atom. The highest BCUT2D eigenvalue weighted by molar-refractivity contribution is 7.98. The van der Waals surface area contributed by atoms with Crippen LogP contribution in [0.25, 0.3) is 0 Å². The summed E-state index contributed by atoms with van der Waals surface area (Å²) >= 11 is 1.63. The molecule has 2 heterocycles. The summed E-state index contributed by atoms with van der Waals surface area (Å²) in [6.07, 6.45) is 3.74. The quantitative estimate of drug-likeness (QED) is 0.499. The molecule has 3 rings (SSSR count). The van der Waals surface area contributed by atoms with Crippen molar-refractivity contribution in [3.8, 4) is 0 Å². The molecule has 162 valence electrons. The molecule has 0 bridgehead atoms. The van der Waals surface area contributed by atoms with Gasteiger partial charge in [0.2, 0.25) is 0 Å². The molecule has 0 radical (unpaired) electrons. The lowest BCUT2D eigenvalue weighted by molar-refractivity contribution is -0.856. The van der Waals surface area contributed by atoms with E-state index in [4.69, 9.17) is 4.98 Å². The molecule has 0 spiro atoms. The van der Waals surface area contributed by atoms with Crippen molar-refractivity contribution in [2.75, 3.05) is 38.6 Å². The summed E-state index contributed by atoms with van der Waals surface area (Å²) < 4.78 is 0. The normalized spacial score (nSPS) is 16.7. The molecule has 1 aliphatic heterocycles. The number of anilines is 1. The summed E-state index contributed by atoms with van der Waals surface area (Å²) in [6.45, 7) is 6.96. The molecule has 1 atom stereocenters. The van der Waals surface area contributed by atoms with Gasteiger partial charge in [-0.05, 0) is 50.8 Å². The van der Waals surface area contributed by atoms with Gasteiger partial charge in [0, 0.05) is 35.7 Å². The first-order valence-electron chi connectivity index (χ1n) is 10.8. The van der Waals surface area contributed by atoms with E-state index in [9.17, 15) is 4.79 Å². The highest BCUT2D eigenvalue weighted by Crippen LogP contribution is 2.27. The Bertz CT molecular complexity index is 857. The first-order valence-corrected chi connectivity index (χ1v) is 11.8. The lowest BCUT2D eigenvalue weighted by atomic mass is 10.0.